The third kappa shape index (κ3) is 3.01. The Bertz CT molecular complexity index is 411. The predicted molar refractivity (Wildman–Crippen MR) is 78.0 cm³/mol. The lowest BCUT2D eigenvalue weighted by Gasteiger charge is -2.34. The monoisotopic (exact) mass is 259 g/mol. The van der Waals surface area contributed by atoms with Gasteiger partial charge in [-0.3, -0.25) is 0 Å². The Hall–Kier alpha value is -0.860. The molecule has 1 fully saturated rings. The molecule has 2 unspecified atom stereocenters. The molecule has 0 spiro atoms. The van der Waals surface area contributed by atoms with E-state index in [9.17, 15) is 0 Å². The van der Waals surface area contributed by atoms with Gasteiger partial charge in [-0.15, -0.1) is 0 Å². The fourth-order valence-electron chi connectivity index (χ4n) is 3.61. The standard InChI is InChI=1S/C17H25NO/c1-13(14-7-3-2-4-8-14)18-17-12-19-11-15-9-5-6-10-16(15)17/h5-6,9-10,13-14,17-18H,2-4,7-8,11-12H2,1H3. The second-order valence-electron chi connectivity index (χ2n) is 6.12. The Balaban J connectivity index is 1.66. The fourth-order valence-corrected chi connectivity index (χ4v) is 3.61. The molecule has 1 heterocycles. The molecule has 2 nitrogen and oxygen atoms in total. The summed E-state index contributed by atoms with van der Waals surface area (Å²) in [5.41, 5.74) is 2.79. The summed E-state index contributed by atoms with van der Waals surface area (Å²) in [5.74, 6) is 0.850. The van der Waals surface area contributed by atoms with Crippen molar-refractivity contribution in [3.63, 3.8) is 0 Å². The number of rotatable bonds is 3. The van der Waals surface area contributed by atoms with Gasteiger partial charge in [-0.1, -0.05) is 43.5 Å². The molecule has 2 aliphatic rings. The molecular weight excluding hydrogens is 234 g/mol. The van der Waals surface area contributed by atoms with Crippen LogP contribution in [0.4, 0.5) is 0 Å². The van der Waals surface area contributed by atoms with E-state index in [0.29, 0.717) is 12.1 Å². The second kappa shape index (κ2) is 6.06. The van der Waals surface area contributed by atoms with E-state index < -0.39 is 0 Å². The Morgan fingerprint density at radius 2 is 1.95 bits per heavy atom. The average Bonchev–Trinajstić information content (AvgIpc) is 2.48. The van der Waals surface area contributed by atoms with Crippen LogP contribution in [0.25, 0.3) is 0 Å². The van der Waals surface area contributed by atoms with Crippen LogP contribution in [0.2, 0.25) is 0 Å². The first kappa shape index (κ1) is 13.1. The molecule has 0 aromatic heterocycles. The van der Waals surface area contributed by atoms with Crippen molar-refractivity contribution in [3.05, 3.63) is 35.4 Å². The topological polar surface area (TPSA) is 21.3 Å². The van der Waals surface area contributed by atoms with E-state index in [-0.39, 0.29) is 0 Å². The van der Waals surface area contributed by atoms with Gasteiger partial charge < -0.3 is 10.1 Å². The molecule has 0 amide bonds. The van der Waals surface area contributed by atoms with E-state index in [1.807, 2.05) is 0 Å². The normalized spacial score (nSPS) is 25.8. The van der Waals surface area contributed by atoms with Gasteiger partial charge in [-0.2, -0.15) is 0 Å². The minimum absolute atomic E-state index is 0.377. The summed E-state index contributed by atoms with van der Waals surface area (Å²) in [6, 6.07) is 9.67. The summed E-state index contributed by atoms with van der Waals surface area (Å²) in [4.78, 5) is 0. The number of benzene rings is 1. The molecule has 1 aliphatic carbocycles. The zero-order chi connectivity index (χ0) is 13.1. The fraction of sp³-hybridized carbons (Fsp3) is 0.647. The van der Waals surface area contributed by atoms with Crippen molar-refractivity contribution >= 4 is 0 Å². The van der Waals surface area contributed by atoms with Gasteiger partial charge in [-0.25, -0.2) is 0 Å². The first-order valence-electron chi connectivity index (χ1n) is 7.76. The van der Waals surface area contributed by atoms with Gasteiger partial charge in [0.05, 0.1) is 19.3 Å². The molecule has 1 aliphatic heterocycles. The Kier molecular flexibility index (Phi) is 4.19. The predicted octanol–water partition coefficient (Wildman–Crippen LogP) is 3.82. The van der Waals surface area contributed by atoms with Gasteiger partial charge >= 0.3 is 0 Å². The molecule has 1 saturated carbocycles. The van der Waals surface area contributed by atoms with Gasteiger partial charge in [0.1, 0.15) is 0 Å². The molecule has 2 heteroatoms. The van der Waals surface area contributed by atoms with Crippen LogP contribution in [0.3, 0.4) is 0 Å². The molecule has 1 aromatic rings. The highest BCUT2D eigenvalue weighted by Gasteiger charge is 2.26. The molecule has 1 N–H and O–H groups in total. The summed E-state index contributed by atoms with van der Waals surface area (Å²) in [7, 11) is 0. The first-order valence-corrected chi connectivity index (χ1v) is 7.76. The average molecular weight is 259 g/mol. The van der Waals surface area contributed by atoms with Crippen LogP contribution in [0, 0.1) is 5.92 Å². The van der Waals surface area contributed by atoms with Gasteiger partial charge in [0.25, 0.3) is 0 Å². The largest absolute Gasteiger partial charge is 0.375 e. The van der Waals surface area contributed by atoms with Crippen LogP contribution < -0.4 is 5.32 Å². The van der Waals surface area contributed by atoms with Crippen molar-refractivity contribution in [3.8, 4) is 0 Å². The number of hydrogen-bond donors (Lipinski definition) is 1. The summed E-state index contributed by atoms with van der Waals surface area (Å²) in [5, 5.41) is 3.82. The van der Waals surface area contributed by atoms with Crippen LogP contribution in [0.15, 0.2) is 24.3 Å². The number of fused-ring (bicyclic) bond motifs is 1. The third-order valence-corrected chi connectivity index (χ3v) is 4.79. The minimum Gasteiger partial charge on any atom is -0.375 e. The van der Waals surface area contributed by atoms with Crippen molar-refractivity contribution in [2.45, 2.75) is 57.7 Å². The molecule has 0 bridgehead atoms. The quantitative estimate of drug-likeness (QED) is 0.891. The highest BCUT2D eigenvalue weighted by molar-refractivity contribution is 5.31. The van der Waals surface area contributed by atoms with Crippen molar-refractivity contribution in [1.82, 2.24) is 5.32 Å². The molecule has 19 heavy (non-hydrogen) atoms. The van der Waals surface area contributed by atoms with Crippen LogP contribution in [-0.2, 0) is 11.3 Å². The summed E-state index contributed by atoms with van der Waals surface area (Å²) >= 11 is 0. The van der Waals surface area contributed by atoms with Gasteiger partial charge in [0.15, 0.2) is 0 Å². The molecule has 0 saturated heterocycles. The van der Waals surface area contributed by atoms with Crippen molar-refractivity contribution in [1.29, 1.82) is 0 Å². The van der Waals surface area contributed by atoms with Crippen molar-refractivity contribution in [2.24, 2.45) is 5.92 Å². The number of hydrogen-bond acceptors (Lipinski definition) is 2. The zero-order valence-electron chi connectivity index (χ0n) is 11.9. The van der Waals surface area contributed by atoms with E-state index in [1.165, 1.54) is 43.2 Å². The lowest BCUT2D eigenvalue weighted by Crippen LogP contribution is -2.40. The smallest absolute Gasteiger partial charge is 0.0721 e. The second-order valence-corrected chi connectivity index (χ2v) is 6.12. The number of ether oxygens (including phenoxy) is 1. The SMILES string of the molecule is CC(NC1COCc2ccccc21)C1CCCCC1. The summed E-state index contributed by atoms with van der Waals surface area (Å²) in [6.07, 6.45) is 7.04. The molecule has 3 rings (SSSR count). The van der Waals surface area contributed by atoms with E-state index in [1.54, 1.807) is 0 Å². The molecule has 2 atom stereocenters. The molecule has 104 valence electrons. The van der Waals surface area contributed by atoms with E-state index in [0.717, 1.165) is 19.1 Å². The highest BCUT2D eigenvalue weighted by atomic mass is 16.5. The van der Waals surface area contributed by atoms with Crippen LogP contribution >= 0.6 is 0 Å². The lowest BCUT2D eigenvalue weighted by atomic mass is 9.84. The first-order chi connectivity index (χ1) is 9.34. The molecule has 1 aromatic carbocycles. The molecule has 0 radical (unpaired) electrons. The molecular formula is C17H25NO. The Morgan fingerprint density at radius 1 is 1.16 bits per heavy atom. The number of nitrogens with one attached hydrogen (secondary N) is 1. The Morgan fingerprint density at radius 3 is 2.79 bits per heavy atom. The van der Waals surface area contributed by atoms with Gasteiger partial charge in [0, 0.05) is 6.04 Å². The lowest BCUT2D eigenvalue weighted by molar-refractivity contribution is 0.0747. The van der Waals surface area contributed by atoms with Gasteiger partial charge in [-0.05, 0) is 36.8 Å². The zero-order valence-corrected chi connectivity index (χ0v) is 11.9. The summed E-state index contributed by atoms with van der Waals surface area (Å²) in [6.45, 7) is 3.94. The van der Waals surface area contributed by atoms with E-state index in [2.05, 4.69) is 36.5 Å². The van der Waals surface area contributed by atoms with Crippen molar-refractivity contribution < 1.29 is 4.74 Å². The highest BCUT2D eigenvalue weighted by Crippen LogP contribution is 2.30. The van der Waals surface area contributed by atoms with E-state index >= 15 is 0 Å². The maximum absolute atomic E-state index is 5.73. The summed E-state index contributed by atoms with van der Waals surface area (Å²) < 4.78 is 5.73. The third-order valence-electron chi connectivity index (χ3n) is 4.79. The maximum Gasteiger partial charge on any atom is 0.0721 e. The minimum atomic E-state index is 0.377. The van der Waals surface area contributed by atoms with Gasteiger partial charge in [0.2, 0.25) is 0 Å². The Labute approximate surface area is 116 Å². The maximum atomic E-state index is 5.73. The van der Waals surface area contributed by atoms with Crippen molar-refractivity contribution in [2.75, 3.05) is 6.61 Å². The van der Waals surface area contributed by atoms with Crippen LogP contribution in [-0.4, -0.2) is 12.6 Å². The van der Waals surface area contributed by atoms with Crippen LogP contribution in [0.5, 0.6) is 0 Å². The van der Waals surface area contributed by atoms with Crippen LogP contribution in [0.1, 0.15) is 56.2 Å². The van der Waals surface area contributed by atoms with E-state index in [4.69, 9.17) is 4.74 Å².